The SMILES string of the molecule is COc1ccc(C2=CC3(CCCCC3)ON2)cc1OS(C)(=O)=O. The number of ether oxygens (including phenoxy) is 1. The summed E-state index contributed by atoms with van der Waals surface area (Å²) in [5, 5.41) is 0. The molecule has 7 heteroatoms. The van der Waals surface area contributed by atoms with Crippen molar-refractivity contribution in [3.05, 3.63) is 29.8 Å². The molecule has 1 aliphatic heterocycles. The summed E-state index contributed by atoms with van der Waals surface area (Å²) < 4.78 is 33.0. The highest BCUT2D eigenvalue weighted by atomic mass is 32.2. The van der Waals surface area contributed by atoms with Crippen molar-refractivity contribution in [1.29, 1.82) is 0 Å². The Morgan fingerprint density at radius 2 is 1.91 bits per heavy atom. The average molecular weight is 339 g/mol. The van der Waals surface area contributed by atoms with Gasteiger partial charge in [-0.05, 0) is 37.1 Å². The first kappa shape index (κ1) is 16.1. The molecule has 1 fully saturated rings. The van der Waals surface area contributed by atoms with Gasteiger partial charge in [-0.25, -0.2) is 0 Å². The smallest absolute Gasteiger partial charge is 0.306 e. The average Bonchev–Trinajstić information content (AvgIpc) is 2.90. The zero-order valence-corrected chi connectivity index (χ0v) is 14.1. The molecule has 1 spiro atoms. The molecule has 0 bridgehead atoms. The van der Waals surface area contributed by atoms with Gasteiger partial charge in [0.2, 0.25) is 0 Å². The summed E-state index contributed by atoms with van der Waals surface area (Å²) >= 11 is 0. The number of rotatable bonds is 4. The fourth-order valence-electron chi connectivity index (χ4n) is 3.09. The molecular weight excluding hydrogens is 318 g/mol. The van der Waals surface area contributed by atoms with E-state index in [-0.39, 0.29) is 11.4 Å². The molecule has 1 saturated carbocycles. The second kappa shape index (κ2) is 6.05. The fraction of sp³-hybridized carbons (Fsp3) is 0.500. The van der Waals surface area contributed by atoms with Crippen molar-refractivity contribution < 1.29 is 22.2 Å². The second-order valence-corrected chi connectivity index (χ2v) is 7.62. The number of hydrogen-bond acceptors (Lipinski definition) is 6. The number of hydrogen-bond donors (Lipinski definition) is 1. The van der Waals surface area contributed by atoms with E-state index >= 15 is 0 Å². The van der Waals surface area contributed by atoms with Gasteiger partial charge in [0.25, 0.3) is 0 Å². The molecule has 3 rings (SSSR count). The van der Waals surface area contributed by atoms with Crippen LogP contribution >= 0.6 is 0 Å². The molecular formula is C16H21NO5S. The van der Waals surface area contributed by atoms with Crippen LogP contribution in [0.15, 0.2) is 24.3 Å². The van der Waals surface area contributed by atoms with Gasteiger partial charge in [-0.15, -0.1) is 0 Å². The van der Waals surface area contributed by atoms with Crippen molar-refractivity contribution in [1.82, 2.24) is 5.48 Å². The van der Waals surface area contributed by atoms with E-state index in [1.165, 1.54) is 13.5 Å². The minimum Gasteiger partial charge on any atom is -0.493 e. The van der Waals surface area contributed by atoms with Crippen molar-refractivity contribution in [3.8, 4) is 11.5 Å². The third kappa shape index (κ3) is 3.61. The first-order chi connectivity index (χ1) is 10.9. The summed E-state index contributed by atoms with van der Waals surface area (Å²) in [4.78, 5) is 5.81. The lowest BCUT2D eigenvalue weighted by molar-refractivity contribution is -0.0557. The monoisotopic (exact) mass is 339 g/mol. The van der Waals surface area contributed by atoms with Crippen LogP contribution in [-0.2, 0) is 15.0 Å². The van der Waals surface area contributed by atoms with E-state index in [1.807, 2.05) is 6.07 Å². The number of nitrogens with one attached hydrogen (secondary N) is 1. The summed E-state index contributed by atoms with van der Waals surface area (Å²) in [5.41, 5.74) is 4.36. The maximum absolute atomic E-state index is 11.4. The van der Waals surface area contributed by atoms with E-state index in [1.54, 1.807) is 12.1 Å². The van der Waals surface area contributed by atoms with Crippen LogP contribution in [0.25, 0.3) is 5.70 Å². The number of hydroxylamine groups is 1. The maximum atomic E-state index is 11.4. The topological polar surface area (TPSA) is 73.9 Å². The van der Waals surface area contributed by atoms with E-state index in [0.29, 0.717) is 5.75 Å². The molecule has 0 radical (unpaired) electrons. The van der Waals surface area contributed by atoms with Crippen molar-refractivity contribution in [2.75, 3.05) is 13.4 Å². The van der Waals surface area contributed by atoms with Gasteiger partial charge in [-0.1, -0.05) is 19.3 Å². The first-order valence-electron chi connectivity index (χ1n) is 7.66. The summed E-state index contributed by atoms with van der Waals surface area (Å²) in [7, 11) is -2.16. The van der Waals surface area contributed by atoms with Gasteiger partial charge in [0, 0.05) is 5.56 Å². The van der Waals surface area contributed by atoms with Crippen molar-refractivity contribution >= 4 is 15.8 Å². The molecule has 126 valence electrons. The lowest BCUT2D eigenvalue weighted by atomic mass is 9.84. The Morgan fingerprint density at radius 3 is 2.57 bits per heavy atom. The van der Waals surface area contributed by atoms with Gasteiger partial charge in [0.15, 0.2) is 11.5 Å². The Bertz CT molecular complexity index is 720. The first-order valence-corrected chi connectivity index (χ1v) is 9.47. The van der Waals surface area contributed by atoms with Crippen LogP contribution in [0.1, 0.15) is 37.7 Å². The predicted octanol–water partition coefficient (Wildman–Crippen LogP) is 2.61. The minimum atomic E-state index is -3.63. The standard InChI is InChI=1S/C16H21NO5S/c1-20-14-7-6-12(10-15(14)21-23(2,18)19)13-11-16(22-17-13)8-4-3-5-9-16/h6-7,10-11,17H,3-5,8-9H2,1-2H3. The molecule has 0 saturated heterocycles. The summed E-state index contributed by atoms with van der Waals surface area (Å²) in [6.07, 6.45) is 8.62. The summed E-state index contributed by atoms with van der Waals surface area (Å²) in [5.74, 6) is 0.533. The van der Waals surface area contributed by atoms with E-state index < -0.39 is 10.1 Å². The zero-order valence-electron chi connectivity index (χ0n) is 13.3. The third-order valence-corrected chi connectivity index (χ3v) is 4.67. The van der Waals surface area contributed by atoms with Crippen LogP contribution in [0.4, 0.5) is 0 Å². The van der Waals surface area contributed by atoms with Crippen LogP contribution in [0.2, 0.25) is 0 Å². The Morgan fingerprint density at radius 1 is 1.17 bits per heavy atom. The van der Waals surface area contributed by atoms with Crippen LogP contribution in [0.5, 0.6) is 11.5 Å². The molecule has 1 N–H and O–H groups in total. The molecule has 0 unspecified atom stereocenters. The number of benzene rings is 1. The van der Waals surface area contributed by atoms with Gasteiger partial charge in [-0.3, -0.25) is 10.3 Å². The quantitative estimate of drug-likeness (QED) is 0.850. The summed E-state index contributed by atoms with van der Waals surface area (Å²) in [6.45, 7) is 0. The van der Waals surface area contributed by atoms with E-state index in [9.17, 15) is 8.42 Å². The minimum absolute atomic E-state index is 0.166. The normalized spacial score (nSPS) is 20.0. The fourth-order valence-corrected chi connectivity index (χ4v) is 3.55. The van der Waals surface area contributed by atoms with Gasteiger partial charge in [0.05, 0.1) is 19.1 Å². The van der Waals surface area contributed by atoms with Gasteiger partial charge in [-0.2, -0.15) is 8.42 Å². The van der Waals surface area contributed by atoms with Crippen LogP contribution in [0.3, 0.4) is 0 Å². The lowest BCUT2D eigenvalue weighted by Crippen LogP contribution is -2.31. The summed E-state index contributed by atoms with van der Waals surface area (Å²) in [6, 6.07) is 5.17. The van der Waals surface area contributed by atoms with Gasteiger partial charge in [0.1, 0.15) is 5.60 Å². The molecule has 1 heterocycles. The van der Waals surface area contributed by atoms with E-state index in [0.717, 1.165) is 43.2 Å². The molecule has 0 aromatic heterocycles. The van der Waals surface area contributed by atoms with Crippen molar-refractivity contribution in [2.45, 2.75) is 37.7 Å². The highest BCUT2D eigenvalue weighted by molar-refractivity contribution is 7.86. The van der Waals surface area contributed by atoms with E-state index in [4.69, 9.17) is 13.8 Å². The highest BCUT2D eigenvalue weighted by Gasteiger charge is 2.36. The largest absolute Gasteiger partial charge is 0.493 e. The van der Waals surface area contributed by atoms with Crippen molar-refractivity contribution in [2.24, 2.45) is 0 Å². The molecule has 1 aromatic carbocycles. The van der Waals surface area contributed by atoms with Gasteiger partial charge < -0.3 is 8.92 Å². The zero-order chi connectivity index (χ0) is 16.5. The van der Waals surface area contributed by atoms with Crippen LogP contribution < -0.4 is 14.4 Å². The molecule has 0 atom stereocenters. The lowest BCUT2D eigenvalue weighted by Gasteiger charge is -2.29. The Balaban J connectivity index is 1.91. The predicted molar refractivity (Wildman–Crippen MR) is 86.5 cm³/mol. The molecule has 0 amide bonds. The Hall–Kier alpha value is -1.73. The highest BCUT2D eigenvalue weighted by Crippen LogP contribution is 2.39. The van der Waals surface area contributed by atoms with Gasteiger partial charge >= 0.3 is 10.1 Å². The number of methoxy groups -OCH3 is 1. The van der Waals surface area contributed by atoms with Crippen LogP contribution in [0, 0.1) is 0 Å². The Kier molecular flexibility index (Phi) is 4.25. The van der Waals surface area contributed by atoms with Crippen molar-refractivity contribution in [3.63, 3.8) is 0 Å². The maximum Gasteiger partial charge on any atom is 0.306 e. The molecule has 2 aliphatic rings. The third-order valence-electron chi connectivity index (χ3n) is 4.19. The Labute approximate surface area is 136 Å². The van der Waals surface area contributed by atoms with E-state index in [2.05, 4.69) is 11.6 Å². The second-order valence-electron chi connectivity index (χ2n) is 6.04. The molecule has 1 aromatic rings. The molecule has 6 nitrogen and oxygen atoms in total. The molecule has 1 aliphatic carbocycles. The molecule has 23 heavy (non-hydrogen) atoms. The van der Waals surface area contributed by atoms with Crippen LogP contribution in [-0.4, -0.2) is 27.4 Å².